The van der Waals surface area contributed by atoms with Crippen LogP contribution in [0.3, 0.4) is 0 Å². The highest BCUT2D eigenvalue weighted by Crippen LogP contribution is 2.17. The SMILES string of the molecule is O=C(OP)N1CCC(CO)CC1. The third-order valence-electron chi connectivity index (χ3n) is 2.23. The van der Waals surface area contributed by atoms with E-state index in [1.807, 2.05) is 9.47 Å². The summed E-state index contributed by atoms with van der Waals surface area (Å²) < 4.78 is 4.50. The maximum Gasteiger partial charge on any atom is 0.411 e. The van der Waals surface area contributed by atoms with Crippen LogP contribution in [0.4, 0.5) is 4.79 Å². The second kappa shape index (κ2) is 4.63. The van der Waals surface area contributed by atoms with Crippen LogP contribution in [0.15, 0.2) is 0 Å². The van der Waals surface area contributed by atoms with Gasteiger partial charge in [-0.3, -0.25) is 0 Å². The second-order valence-electron chi connectivity index (χ2n) is 3.00. The molecule has 0 saturated carbocycles. The molecule has 0 bridgehead atoms. The Kier molecular flexibility index (Phi) is 3.76. The molecule has 12 heavy (non-hydrogen) atoms. The quantitative estimate of drug-likeness (QED) is 0.618. The Morgan fingerprint density at radius 3 is 2.58 bits per heavy atom. The first-order valence-corrected chi connectivity index (χ1v) is 4.51. The van der Waals surface area contributed by atoms with E-state index in [0.29, 0.717) is 19.0 Å². The van der Waals surface area contributed by atoms with E-state index < -0.39 is 0 Å². The maximum atomic E-state index is 11.0. The number of aliphatic hydroxyl groups excluding tert-OH is 1. The van der Waals surface area contributed by atoms with Gasteiger partial charge in [-0.2, -0.15) is 0 Å². The standard InChI is InChI=1S/C7H14NO3P/c9-5-6-1-3-8(4-2-6)7(10)11-12/h6,9H,1-5,12H2. The molecule has 5 heteroatoms. The van der Waals surface area contributed by atoms with Crippen molar-refractivity contribution in [1.82, 2.24) is 4.90 Å². The first kappa shape index (κ1) is 9.75. The number of nitrogens with zero attached hydrogens (tertiary/aromatic N) is 1. The Morgan fingerprint density at radius 2 is 2.17 bits per heavy atom. The number of aliphatic hydroxyl groups is 1. The van der Waals surface area contributed by atoms with Crippen LogP contribution >= 0.6 is 9.47 Å². The fourth-order valence-corrected chi connectivity index (χ4v) is 1.52. The van der Waals surface area contributed by atoms with Gasteiger partial charge in [0.05, 0.1) is 9.47 Å². The maximum absolute atomic E-state index is 11.0. The average molecular weight is 191 g/mol. The van der Waals surface area contributed by atoms with Crippen molar-refractivity contribution in [3.05, 3.63) is 0 Å². The molecule has 0 aromatic carbocycles. The smallest absolute Gasteiger partial charge is 0.411 e. The van der Waals surface area contributed by atoms with Crippen molar-refractivity contribution in [2.24, 2.45) is 5.92 Å². The molecule has 1 saturated heterocycles. The van der Waals surface area contributed by atoms with Crippen LogP contribution < -0.4 is 0 Å². The molecular formula is C7H14NO3P. The summed E-state index contributed by atoms with van der Waals surface area (Å²) in [5.41, 5.74) is 0. The number of piperidine rings is 1. The van der Waals surface area contributed by atoms with E-state index in [0.717, 1.165) is 12.8 Å². The molecule has 1 N–H and O–H groups in total. The topological polar surface area (TPSA) is 49.8 Å². The Morgan fingerprint density at radius 1 is 1.58 bits per heavy atom. The number of likely N-dealkylation sites (tertiary alicyclic amines) is 1. The minimum atomic E-state index is -0.295. The highest BCUT2D eigenvalue weighted by Gasteiger charge is 2.22. The third-order valence-corrected chi connectivity index (χ3v) is 2.43. The minimum Gasteiger partial charge on any atom is -0.435 e. The molecule has 0 aromatic heterocycles. The molecule has 0 aliphatic carbocycles. The van der Waals surface area contributed by atoms with Crippen molar-refractivity contribution >= 4 is 15.6 Å². The Balaban J connectivity index is 2.30. The van der Waals surface area contributed by atoms with Gasteiger partial charge in [0, 0.05) is 19.7 Å². The Labute approximate surface area is 74.2 Å². The van der Waals surface area contributed by atoms with E-state index in [9.17, 15) is 4.79 Å². The van der Waals surface area contributed by atoms with Crippen LogP contribution in [-0.4, -0.2) is 35.8 Å². The van der Waals surface area contributed by atoms with Gasteiger partial charge in [-0.1, -0.05) is 0 Å². The van der Waals surface area contributed by atoms with E-state index >= 15 is 0 Å². The normalized spacial score (nSPS) is 19.3. The van der Waals surface area contributed by atoms with Crippen molar-refractivity contribution in [1.29, 1.82) is 0 Å². The van der Waals surface area contributed by atoms with E-state index in [4.69, 9.17) is 5.11 Å². The van der Waals surface area contributed by atoms with Gasteiger partial charge in [0.15, 0.2) is 0 Å². The van der Waals surface area contributed by atoms with Gasteiger partial charge in [0.25, 0.3) is 0 Å². The largest absolute Gasteiger partial charge is 0.435 e. The fourth-order valence-electron chi connectivity index (χ4n) is 1.37. The summed E-state index contributed by atoms with van der Waals surface area (Å²) >= 11 is 0. The van der Waals surface area contributed by atoms with Crippen LogP contribution in [0.5, 0.6) is 0 Å². The van der Waals surface area contributed by atoms with Gasteiger partial charge in [-0.15, -0.1) is 0 Å². The predicted molar refractivity (Wildman–Crippen MR) is 47.6 cm³/mol. The first-order valence-electron chi connectivity index (χ1n) is 4.04. The summed E-state index contributed by atoms with van der Waals surface area (Å²) in [4.78, 5) is 12.6. The van der Waals surface area contributed by atoms with E-state index in [2.05, 4.69) is 4.52 Å². The molecule has 0 spiro atoms. The molecule has 1 rings (SSSR count). The molecule has 1 heterocycles. The molecule has 70 valence electrons. The highest BCUT2D eigenvalue weighted by molar-refractivity contribution is 7.10. The lowest BCUT2D eigenvalue weighted by molar-refractivity contribution is 0.116. The van der Waals surface area contributed by atoms with E-state index in [-0.39, 0.29) is 12.7 Å². The van der Waals surface area contributed by atoms with Crippen molar-refractivity contribution in [2.45, 2.75) is 12.8 Å². The summed E-state index contributed by atoms with van der Waals surface area (Å²) in [6.45, 7) is 1.61. The molecular weight excluding hydrogens is 177 g/mol. The van der Waals surface area contributed by atoms with Crippen molar-refractivity contribution in [2.75, 3.05) is 19.7 Å². The van der Waals surface area contributed by atoms with Crippen LogP contribution in [0.25, 0.3) is 0 Å². The van der Waals surface area contributed by atoms with Gasteiger partial charge < -0.3 is 14.5 Å². The molecule has 1 amide bonds. The number of hydrogen-bond acceptors (Lipinski definition) is 3. The number of hydrogen-bond donors (Lipinski definition) is 1. The monoisotopic (exact) mass is 191 g/mol. The van der Waals surface area contributed by atoms with Crippen molar-refractivity contribution < 1.29 is 14.4 Å². The third kappa shape index (κ3) is 2.32. The van der Waals surface area contributed by atoms with Crippen molar-refractivity contribution in [3.63, 3.8) is 0 Å². The molecule has 1 unspecified atom stereocenters. The summed E-state index contributed by atoms with van der Waals surface area (Å²) in [6, 6.07) is 0. The minimum absolute atomic E-state index is 0.226. The fraction of sp³-hybridized carbons (Fsp3) is 0.857. The predicted octanol–water partition coefficient (Wildman–Crippen LogP) is 0.617. The molecule has 0 aromatic rings. The van der Waals surface area contributed by atoms with Gasteiger partial charge in [0.1, 0.15) is 0 Å². The van der Waals surface area contributed by atoms with E-state index in [1.54, 1.807) is 4.90 Å². The summed E-state index contributed by atoms with van der Waals surface area (Å²) in [5.74, 6) is 0.360. The molecule has 0 radical (unpaired) electrons. The molecule has 1 aliphatic rings. The van der Waals surface area contributed by atoms with E-state index in [1.165, 1.54) is 0 Å². The summed E-state index contributed by atoms with van der Waals surface area (Å²) in [6.07, 6.45) is 1.45. The molecule has 1 aliphatic heterocycles. The number of amides is 1. The zero-order valence-electron chi connectivity index (χ0n) is 6.90. The van der Waals surface area contributed by atoms with Crippen LogP contribution in [0.1, 0.15) is 12.8 Å². The van der Waals surface area contributed by atoms with Crippen LogP contribution in [0.2, 0.25) is 0 Å². The lowest BCUT2D eigenvalue weighted by atomic mass is 9.98. The number of rotatable bonds is 1. The second-order valence-corrected chi connectivity index (χ2v) is 3.23. The van der Waals surface area contributed by atoms with Gasteiger partial charge >= 0.3 is 6.09 Å². The highest BCUT2D eigenvalue weighted by atomic mass is 31.0. The number of carbonyl (C=O) groups excluding carboxylic acids is 1. The molecule has 1 atom stereocenters. The molecule has 4 nitrogen and oxygen atoms in total. The lowest BCUT2D eigenvalue weighted by Gasteiger charge is -2.29. The molecule has 1 fully saturated rings. The van der Waals surface area contributed by atoms with Gasteiger partial charge in [0.2, 0.25) is 0 Å². The Bertz CT molecular complexity index is 157. The van der Waals surface area contributed by atoms with Gasteiger partial charge in [-0.05, 0) is 18.8 Å². The first-order chi connectivity index (χ1) is 5.77. The van der Waals surface area contributed by atoms with Crippen LogP contribution in [-0.2, 0) is 4.52 Å². The van der Waals surface area contributed by atoms with Crippen LogP contribution in [0, 0.1) is 5.92 Å². The summed E-state index contributed by atoms with van der Waals surface area (Å²) in [7, 11) is 1.95. The van der Waals surface area contributed by atoms with Crippen molar-refractivity contribution in [3.8, 4) is 0 Å². The van der Waals surface area contributed by atoms with Gasteiger partial charge in [-0.25, -0.2) is 4.79 Å². The zero-order chi connectivity index (χ0) is 8.97. The zero-order valence-corrected chi connectivity index (χ0v) is 8.06. The average Bonchev–Trinajstić information content (AvgIpc) is 2.17. The lowest BCUT2D eigenvalue weighted by Crippen LogP contribution is -2.38. The summed E-state index contributed by atoms with van der Waals surface area (Å²) in [5, 5.41) is 8.83. The Hall–Kier alpha value is -0.340. The number of carbonyl (C=O) groups is 1.